The number of amides is 4. The number of aliphatic imine (C=N–C) groups is 1. The van der Waals surface area contributed by atoms with E-state index in [-0.39, 0.29) is 25.7 Å². The van der Waals surface area contributed by atoms with Crippen LogP contribution in [-0.4, -0.2) is 117 Å². The molecule has 0 bridgehead atoms. The highest BCUT2D eigenvalue weighted by atomic mass is 16.4. The van der Waals surface area contributed by atoms with Crippen molar-refractivity contribution in [3.8, 4) is 0 Å². The Morgan fingerprint density at radius 2 is 1.10 bits per heavy atom. The van der Waals surface area contributed by atoms with Crippen molar-refractivity contribution in [3.05, 3.63) is 0 Å². The summed E-state index contributed by atoms with van der Waals surface area (Å²) in [6, 6.07) is -3.82. The monoisotopic (exact) mass is 897 g/mol. The van der Waals surface area contributed by atoms with Crippen LogP contribution in [0.3, 0.4) is 0 Å². The molecule has 0 spiro atoms. The van der Waals surface area contributed by atoms with Crippen molar-refractivity contribution in [2.24, 2.45) is 46.0 Å². The van der Waals surface area contributed by atoms with Gasteiger partial charge in [0.2, 0.25) is 23.6 Å². The molecule has 0 rings (SSSR count). The first-order valence-electron chi connectivity index (χ1n) is 22.7. The van der Waals surface area contributed by atoms with Crippen molar-refractivity contribution in [2.75, 3.05) is 13.2 Å². The third-order valence-corrected chi connectivity index (χ3v) is 11.2. The summed E-state index contributed by atoms with van der Waals surface area (Å²) in [4.78, 5) is 107. The number of rotatable bonds is 37. The number of aliphatic hydroxyl groups is 3. The zero-order chi connectivity index (χ0) is 48.2. The lowest BCUT2D eigenvalue weighted by Crippen LogP contribution is -2.51. The normalized spacial score (nSPS) is 15.7. The van der Waals surface area contributed by atoms with Gasteiger partial charge >= 0.3 is 5.97 Å². The van der Waals surface area contributed by atoms with Crippen molar-refractivity contribution in [2.45, 2.75) is 188 Å². The van der Waals surface area contributed by atoms with Gasteiger partial charge in [-0.1, -0.05) is 92.4 Å². The van der Waals surface area contributed by atoms with Gasteiger partial charge in [-0.05, 0) is 44.9 Å². The number of nitrogens with zero attached hydrogens (tertiary/aromatic N) is 1. The number of hydrogen-bond donors (Lipinski definition) is 9. The summed E-state index contributed by atoms with van der Waals surface area (Å²) < 4.78 is 0. The summed E-state index contributed by atoms with van der Waals surface area (Å²) in [5.74, 6) is -9.93. The van der Waals surface area contributed by atoms with Crippen molar-refractivity contribution in [1.82, 2.24) is 16.0 Å². The lowest BCUT2D eigenvalue weighted by atomic mass is 9.86. The molecule has 0 saturated carbocycles. The van der Waals surface area contributed by atoms with E-state index in [1.54, 1.807) is 34.6 Å². The second-order valence-corrected chi connectivity index (χ2v) is 17.8. The smallest absolute Gasteiger partial charge is 0.306 e. The van der Waals surface area contributed by atoms with Crippen LogP contribution in [0.5, 0.6) is 0 Å². The van der Waals surface area contributed by atoms with Gasteiger partial charge in [-0.2, -0.15) is 0 Å². The summed E-state index contributed by atoms with van der Waals surface area (Å²) in [6.07, 6.45) is 6.56. The van der Waals surface area contributed by atoms with Crippen LogP contribution in [0.25, 0.3) is 0 Å². The van der Waals surface area contributed by atoms with Gasteiger partial charge in [-0.25, -0.2) is 0 Å². The minimum absolute atomic E-state index is 0.231. The first-order chi connectivity index (χ1) is 29.5. The third-order valence-electron chi connectivity index (χ3n) is 11.2. The maximum absolute atomic E-state index is 13.7. The molecule has 0 fully saturated rings. The molecule has 8 atom stereocenters. The molecular weight excluding hydrogens is 817 g/mol. The predicted molar refractivity (Wildman–Crippen MR) is 239 cm³/mol. The maximum Gasteiger partial charge on any atom is 0.306 e. The van der Waals surface area contributed by atoms with Crippen LogP contribution in [0.4, 0.5) is 0 Å². The fourth-order valence-corrected chi connectivity index (χ4v) is 7.06. The molecule has 4 amide bonds. The molecule has 0 aromatic rings. The number of aliphatic carboxylic acids is 1. The number of carbonyl (C=O) groups excluding carboxylic acids is 7. The molecule has 0 aliphatic rings. The number of amidine groups is 1. The van der Waals surface area contributed by atoms with Gasteiger partial charge in [0.05, 0.1) is 55.0 Å². The summed E-state index contributed by atoms with van der Waals surface area (Å²) in [7, 11) is 0. The Labute approximate surface area is 373 Å². The number of nitrogens with two attached hydrogens (primary N) is 2. The Morgan fingerprint density at radius 3 is 1.57 bits per heavy atom. The van der Waals surface area contributed by atoms with Crippen LogP contribution >= 0.6 is 0 Å². The third kappa shape index (κ3) is 26.2. The zero-order valence-electron chi connectivity index (χ0n) is 38.9. The minimum Gasteiger partial charge on any atom is -0.481 e. The lowest BCUT2D eigenvalue weighted by Gasteiger charge is -2.29. The number of aliphatic hydroxyl groups excluding tert-OH is 3. The summed E-state index contributed by atoms with van der Waals surface area (Å²) in [5.41, 5.74) is 10.8. The summed E-state index contributed by atoms with van der Waals surface area (Å²) >= 11 is 0. The van der Waals surface area contributed by atoms with Crippen LogP contribution in [0.2, 0.25) is 0 Å². The molecule has 0 saturated heterocycles. The van der Waals surface area contributed by atoms with Crippen LogP contribution in [0, 0.1) is 29.6 Å². The van der Waals surface area contributed by atoms with E-state index in [0.717, 1.165) is 51.5 Å². The van der Waals surface area contributed by atoms with Crippen LogP contribution in [0.1, 0.15) is 158 Å². The van der Waals surface area contributed by atoms with E-state index in [2.05, 4.69) is 20.9 Å². The van der Waals surface area contributed by atoms with E-state index in [1.165, 1.54) is 33.1 Å². The molecule has 63 heavy (non-hydrogen) atoms. The number of Topliss-reactive ketones (excluding diaryl/α,β-unsaturated/α-hetero) is 3. The van der Waals surface area contributed by atoms with E-state index in [0.29, 0.717) is 12.3 Å². The zero-order valence-corrected chi connectivity index (χ0v) is 38.9. The summed E-state index contributed by atoms with van der Waals surface area (Å²) in [5, 5.41) is 47.9. The Hall–Kier alpha value is -4.29. The van der Waals surface area contributed by atoms with E-state index in [4.69, 9.17) is 11.5 Å². The molecular formula is C45H80N6O12. The second-order valence-electron chi connectivity index (χ2n) is 17.8. The number of carboxylic acids is 1. The fraction of sp³-hybridized carbons (Fsp3) is 0.800. The molecule has 0 aromatic heterocycles. The highest BCUT2D eigenvalue weighted by Gasteiger charge is 2.36. The standard InChI is InChI=1S/C45H80N6O12/c1-27(2)33(24-38(56)36(26-52)49-41(59)23-32(54)18-16-14-12-10-8-9-11-13-15-17-21-48-31(7)46)43(60)51-42(28(3)4)39(57)25-34(30(6)53)44(61)50-35(19-20-40(47)58)37(55)22-29(5)45(62)63/h27-30,32-36,42,52-54H,8-26H2,1-7H3,(H2,46,48)(H2,47,58)(H,49,59)(H,50,61)(H,51,60)(H,62,63). The molecule has 0 aliphatic heterocycles. The number of unbranched alkanes of at least 4 members (excludes halogenated alkanes) is 9. The molecule has 0 aliphatic carbocycles. The van der Waals surface area contributed by atoms with Gasteiger partial charge in [0.1, 0.15) is 6.04 Å². The number of nitrogens with one attached hydrogen (secondary N) is 3. The highest BCUT2D eigenvalue weighted by molar-refractivity contribution is 5.97. The Kier molecular flexibility index (Phi) is 30.2. The molecule has 0 radical (unpaired) electrons. The molecule has 8 unspecified atom stereocenters. The molecule has 18 heteroatoms. The molecule has 18 nitrogen and oxygen atoms in total. The number of primary amides is 1. The first-order valence-corrected chi connectivity index (χ1v) is 22.7. The maximum atomic E-state index is 13.7. The number of carboxylic acid groups (broad SMARTS) is 1. The van der Waals surface area contributed by atoms with E-state index >= 15 is 0 Å². The SMILES string of the molecule is CC(N)=NCCCCCCCCCCCCC(O)CC(=O)NC(CO)C(=O)CC(C(=O)NC(C(=O)CC(C(=O)NC(CCC(N)=O)C(=O)CC(C)C(=O)O)C(C)O)C(C)C)C(C)C. The van der Waals surface area contributed by atoms with Gasteiger partial charge in [0.15, 0.2) is 17.3 Å². The Bertz CT molecular complexity index is 1480. The quantitative estimate of drug-likeness (QED) is 0.0246. The van der Waals surface area contributed by atoms with Gasteiger partial charge < -0.3 is 47.8 Å². The average Bonchev–Trinajstić information content (AvgIpc) is 3.19. The van der Waals surface area contributed by atoms with Crippen LogP contribution in [-0.2, 0) is 38.4 Å². The highest BCUT2D eigenvalue weighted by Crippen LogP contribution is 2.21. The Balaban J connectivity index is 5.30. The lowest BCUT2D eigenvalue weighted by molar-refractivity contribution is -0.143. The first kappa shape index (κ1) is 58.7. The molecule has 0 heterocycles. The minimum atomic E-state index is -1.41. The van der Waals surface area contributed by atoms with Crippen molar-refractivity contribution in [1.29, 1.82) is 0 Å². The largest absolute Gasteiger partial charge is 0.481 e. The van der Waals surface area contributed by atoms with Crippen molar-refractivity contribution in [3.63, 3.8) is 0 Å². The summed E-state index contributed by atoms with van der Waals surface area (Å²) in [6.45, 7) is 11.1. The van der Waals surface area contributed by atoms with E-state index < -0.39 is 126 Å². The van der Waals surface area contributed by atoms with E-state index in [9.17, 15) is 58.8 Å². The number of hydrogen-bond acceptors (Lipinski definition) is 12. The average molecular weight is 897 g/mol. The van der Waals surface area contributed by atoms with Crippen LogP contribution in [0.15, 0.2) is 4.99 Å². The molecule has 362 valence electrons. The van der Waals surface area contributed by atoms with Crippen LogP contribution < -0.4 is 27.4 Å². The van der Waals surface area contributed by atoms with Gasteiger partial charge in [-0.3, -0.25) is 43.3 Å². The predicted octanol–water partition coefficient (Wildman–Crippen LogP) is 2.64. The van der Waals surface area contributed by atoms with Gasteiger partial charge in [0, 0.05) is 38.1 Å². The number of ketones is 3. The van der Waals surface area contributed by atoms with Crippen molar-refractivity contribution >= 4 is 52.8 Å². The fourth-order valence-electron chi connectivity index (χ4n) is 7.06. The molecule has 11 N–H and O–H groups in total. The number of carbonyl (C=O) groups is 8. The van der Waals surface area contributed by atoms with E-state index in [1.807, 2.05) is 0 Å². The second kappa shape index (κ2) is 32.4. The Morgan fingerprint density at radius 1 is 0.587 bits per heavy atom. The molecule has 0 aromatic carbocycles. The van der Waals surface area contributed by atoms with Crippen molar-refractivity contribution < 1.29 is 58.8 Å². The van der Waals surface area contributed by atoms with Gasteiger partial charge in [-0.15, -0.1) is 0 Å². The topological polar surface area (TPSA) is 318 Å². The van der Waals surface area contributed by atoms with Gasteiger partial charge in [0.25, 0.3) is 0 Å².